The Kier molecular flexibility index (Phi) is 3.93. The summed E-state index contributed by atoms with van der Waals surface area (Å²) in [6.07, 6.45) is 0.831. The van der Waals surface area contributed by atoms with Crippen LogP contribution in [0.5, 0.6) is 5.88 Å². The van der Waals surface area contributed by atoms with Crippen molar-refractivity contribution in [3.05, 3.63) is 35.3 Å². The highest BCUT2D eigenvalue weighted by Crippen LogP contribution is 2.09. The zero-order valence-corrected chi connectivity index (χ0v) is 8.53. The molecule has 0 aliphatic carbocycles. The van der Waals surface area contributed by atoms with Crippen molar-refractivity contribution in [2.24, 2.45) is 0 Å². The molecule has 0 aliphatic rings. The van der Waals surface area contributed by atoms with Crippen molar-refractivity contribution in [2.45, 2.75) is 26.4 Å². The third kappa shape index (κ3) is 3.44. The van der Waals surface area contributed by atoms with Gasteiger partial charge in [-0.05, 0) is 19.9 Å². The molecule has 3 heteroatoms. The Hall–Kier alpha value is -1.56. The molecule has 1 aromatic heterocycles. The molecule has 1 aromatic rings. The zero-order valence-electron chi connectivity index (χ0n) is 8.53. The molecule has 0 radical (unpaired) electrons. The second-order valence-electron chi connectivity index (χ2n) is 3.27. The maximum atomic E-state index is 6.68. The highest BCUT2D eigenvalue weighted by molar-refractivity contribution is 5.16. The van der Waals surface area contributed by atoms with Crippen molar-refractivity contribution in [3.63, 3.8) is 0 Å². The van der Waals surface area contributed by atoms with Gasteiger partial charge in [-0.15, -0.1) is 0 Å². The second kappa shape index (κ2) is 5.23. The van der Waals surface area contributed by atoms with E-state index in [-0.39, 0.29) is 6.10 Å². The van der Waals surface area contributed by atoms with Crippen molar-refractivity contribution in [3.8, 4) is 5.88 Å². The molecule has 1 heterocycles. The average molecular weight is 190 g/mol. The van der Waals surface area contributed by atoms with Crippen molar-refractivity contribution in [1.82, 2.24) is 4.98 Å². The Morgan fingerprint density at radius 2 is 2.29 bits per heavy atom. The normalized spacial score (nSPS) is 9.86. The first-order chi connectivity index (χ1) is 6.72. The van der Waals surface area contributed by atoms with Gasteiger partial charge in [0.05, 0.1) is 18.2 Å². The van der Waals surface area contributed by atoms with Gasteiger partial charge >= 0.3 is 0 Å². The molecule has 0 fully saturated rings. The summed E-state index contributed by atoms with van der Waals surface area (Å²) in [5, 5.41) is 0. The molecule has 3 nitrogen and oxygen atoms in total. The van der Waals surface area contributed by atoms with E-state index in [1.807, 2.05) is 32.0 Å². The summed E-state index contributed by atoms with van der Waals surface area (Å²) in [5.41, 5.74) is 0.916. The van der Waals surface area contributed by atoms with Crippen molar-refractivity contribution >= 4 is 0 Å². The van der Waals surface area contributed by atoms with Crippen LogP contribution in [-0.2, 0) is 6.42 Å². The molecule has 0 amide bonds. The first kappa shape index (κ1) is 10.5. The van der Waals surface area contributed by atoms with Crippen LogP contribution < -0.4 is 4.74 Å². The van der Waals surface area contributed by atoms with E-state index in [1.54, 1.807) is 0 Å². The van der Waals surface area contributed by atoms with Crippen LogP contribution in [0.25, 0.3) is 4.85 Å². The summed E-state index contributed by atoms with van der Waals surface area (Å²) in [6.45, 7) is 11.1. The molecular formula is C11H14N2O. The minimum absolute atomic E-state index is 0.138. The highest BCUT2D eigenvalue weighted by Gasteiger charge is 2.01. The van der Waals surface area contributed by atoms with E-state index in [0.29, 0.717) is 18.8 Å². The third-order valence-electron chi connectivity index (χ3n) is 1.62. The van der Waals surface area contributed by atoms with Gasteiger partial charge in [-0.3, -0.25) is 0 Å². The monoisotopic (exact) mass is 190 g/mol. The van der Waals surface area contributed by atoms with E-state index in [2.05, 4.69) is 9.83 Å². The summed E-state index contributed by atoms with van der Waals surface area (Å²) >= 11 is 0. The molecule has 0 atom stereocenters. The predicted molar refractivity (Wildman–Crippen MR) is 55.2 cm³/mol. The summed E-state index contributed by atoms with van der Waals surface area (Å²) in [4.78, 5) is 7.58. The molecule has 74 valence electrons. The second-order valence-corrected chi connectivity index (χ2v) is 3.27. The first-order valence-electron chi connectivity index (χ1n) is 4.68. The molecule has 0 spiro atoms. The van der Waals surface area contributed by atoms with Crippen LogP contribution in [0, 0.1) is 6.57 Å². The predicted octanol–water partition coefficient (Wildman–Crippen LogP) is 2.33. The fourth-order valence-corrected chi connectivity index (χ4v) is 1.07. The van der Waals surface area contributed by atoms with E-state index >= 15 is 0 Å². The molecule has 0 N–H and O–H groups in total. The fourth-order valence-electron chi connectivity index (χ4n) is 1.07. The van der Waals surface area contributed by atoms with Gasteiger partial charge in [-0.1, -0.05) is 6.07 Å². The Labute approximate surface area is 84.6 Å². The smallest absolute Gasteiger partial charge is 0.220 e. The number of rotatable bonds is 4. The van der Waals surface area contributed by atoms with Crippen LogP contribution in [0.3, 0.4) is 0 Å². The van der Waals surface area contributed by atoms with Crippen LogP contribution in [0.4, 0.5) is 0 Å². The van der Waals surface area contributed by atoms with E-state index in [0.717, 1.165) is 5.69 Å². The minimum Gasteiger partial charge on any atom is -0.475 e. The molecule has 0 aromatic carbocycles. The fraction of sp³-hybridized carbons (Fsp3) is 0.455. The van der Waals surface area contributed by atoms with Crippen molar-refractivity contribution in [1.29, 1.82) is 0 Å². The van der Waals surface area contributed by atoms with Crippen molar-refractivity contribution in [2.75, 3.05) is 6.54 Å². The summed E-state index contributed by atoms with van der Waals surface area (Å²) < 4.78 is 5.45. The molecule has 14 heavy (non-hydrogen) atoms. The van der Waals surface area contributed by atoms with E-state index in [4.69, 9.17) is 11.3 Å². The van der Waals surface area contributed by atoms with Gasteiger partial charge < -0.3 is 9.58 Å². The standard InChI is InChI=1S/C11H14N2O/c1-9(2)14-11-6-4-5-10(13-11)7-8-12-3/h4-6,9H,7-8H2,1-2H3. The summed E-state index contributed by atoms with van der Waals surface area (Å²) in [7, 11) is 0. The summed E-state index contributed by atoms with van der Waals surface area (Å²) in [5.74, 6) is 0.641. The number of hydrogen-bond donors (Lipinski definition) is 0. The lowest BCUT2D eigenvalue weighted by Gasteiger charge is -2.08. The quantitative estimate of drug-likeness (QED) is 0.681. The van der Waals surface area contributed by atoms with Crippen LogP contribution in [0.15, 0.2) is 18.2 Å². The Morgan fingerprint density at radius 1 is 1.50 bits per heavy atom. The van der Waals surface area contributed by atoms with Gasteiger partial charge in [0, 0.05) is 6.07 Å². The average Bonchev–Trinajstić information content (AvgIpc) is 2.14. The number of pyridine rings is 1. The Morgan fingerprint density at radius 3 is 2.93 bits per heavy atom. The van der Waals surface area contributed by atoms with Gasteiger partial charge in [-0.2, -0.15) is 0 Å². The largest absolute Gasteiger partial charge is 0.475 e. The molecular weight excluding hydrogens is 176 g/mol. The van der Waals surface area contributed by atoms with Gasteiger partial charge in [0.15, 0.2) is 0 Å². The van der Waals surface area contributed by atoms with Crippen LogP contribution in [-0.4, -0.2) is 17.6 Å². The van der Waals surface area contributed by atoms with Gasteiger partial charge in [-0.25, -0.2) is 11.6 Å². The van der Waals surface area contributed by atoms with Crippen LogP contribution in [0.2, 0.25) is 0 Å². The lowest BCUT2D eigenvalue weighted by Crippen LogP contribution is -2.07. The molecule has 0 unspecified atom stereocenters. The van der Waals surface area contributed by atoms with E-state index in [1.165, 1.54) is 0 Å². The van der Waals surface area contributed by atoms with Crippen molar-refractivity contribution < 1.29 is 4.74 Å². The molecule has 0 aliphatic heterocycles. The number of hydrogen-bond acceptors (Lipinski definition) is 2. The lowest BCUT2D eigenvalue weighted by atomic mass is 10.3. The van der Waals surface area contributed by atoms with E-state index < -0.39 is 0 Å². The summed E-state index contributed by atoms with van der Waals surface area (Å²) in [6, 6.07) is 5.66. The number of nitrogens with zero attached hydrogens (tertiary/aromatic N) is 2. The molecule has 1 rings (SSSR count). The molecule has 0 saturated heterocycles. The van der Waals surface area contributed by atoms with Crippen LogP contribution >= 0.6 is 0 Å². The molecule has 0 bridgehead atoms. The van der Waals surface area contributed by atoms with Gasteiger partial charge in [0.25, 0.3) is 0 Å². The molecule has 0 saturated carbocycles. The van der Waals surface area contributed by atoms with Gasteiger partial charge in [0.1, 0.15) is 0 Å². The maximum Gasteiger partial charge on any atom is 0.220 e. The third-order valence-corrected chi connectivity index (χ3v) is 1.62. The maximum absolute atomic E-state index is 6.68. The first-order valence-corrected chi connectivity index (χ1v) is 4.68. The number of ether oxygens (including phenoxy) is 1. The minimum atomic E-state index is 0.138. The lowest BCUT2D eigenvalue weighted by molar-refractivity contribution is 0.232. The van der Waals surface area contributed by atoms with Crippen LogP contribution in [0.1, 0.15) is 19.5 Å². The number of aromatic nitrogens is 1. The zero-order chi connectivity index (χ0) is 10.4. The van der Waals surface area contributed by atoms with E-state index in [9.17, 15) is 0 Å². The Bertz CT molecular complexity index is 328. The van der Waals surface area contributed by atoms with Gasteiger partial charge in [0.2, 0.25) is 12.4 Å². The topological polar surface area (TPSA) is 26.5 Å². The highest BCUT2D eigenvalue weighted by atomic mass is 16.5. The Balaban J connectivity index is 2.65. The SMILES string of the molecule is [C-]#[N+]CCc1cccc(OC(C)C)n1.